The maximum atomic E-state index is 12.4. The molecule has 0 aromatic carbocycles. The second kappa shape index (κ2) is 5.63. The molecule has 4 nitrogen and oxygen atoms in total. The predicted molar refractivity (Wildman–Crippen MR) is 65.3 cm³/mol. The van der Waals surface area contributed by atoms with E-state index in [9.17, 15) is 9.59 Å². The molecule has 1 aliphatic rings. The summed E-state index contributed by atoms with van der Waals surface area (Å²) >= 11 is 0. The van der Waals surface area contributed by atoms with E-state index >= 15 is 0 Å². The van der Waals surface area contributed by atoms with E-state index in [0.717, 1.165) is 0 Å². The standard InChI is InChI=1S/C13H23NO3/c1-4-10(7-8-15)14-11(16)9-13(5-2,6-3)12(14)17/h10,15H,4-9H2,1-3H3. The third-order valence-corrected chi connectivity index (χ3v) is 4.08. The molecule has 1 fully saturated rings. The summed E-state index contributed by atoms with van der Waals surface area (Å²) in [6.07, 6.45) is 2.94. The van der Waals surface area contributed by atoms with Gasteiger partial charge in [0.1, 0.15) is 0 Å². The highest BCUT2D eigenvalue weighted by Crippen LogP contribution is 2.40. The highest BCUT2D eigenvalue weighted by atomic mass is 16.3. The number of amides is 2. The Bertz CT molecular complexity index is 297. The molecule has 98 valence electrons. The fourth-order valence-corrected chi connectivity index (χ4v) is 2.66. The van der Waals surface area contributed by atoms with Crippen LogP contribution in [0.25, 0.3) is 0 Å². The molecule has 0 saturated carbocycles. The van der Waals surface area contributed by atoms with E-state index in [1.165, 1.54) is 4.90 Å². The molecule has 1 unspecified atom stereocenters. The molecule has 1 N–H and O–H groups in total. The summed E-state index contributed by atoms with van der Waals surface area (Å²) in [4.78, 5) is 25.8. The normalized spacial score (nSPS) is 21.1. The van der Waals surface area contributed by atoms with Gasteiger partial charge in [0.15, 0.2) is 0 Å². The van der Waals surface area contributed by atoms with Crippen LogP contribution in [0, 0.1) is 5.41 Å². The first-order chi connectivity index (χ1) is 8.06. The van der Waals surface area contributed by atoms with Crippen molar-refractivity contribution in [3.05, 3.63) is 0 Å². The first-order valence-electron chi connectivity index (χ1n) is 6.53. The summed E-state index contributed by atoms with van der Waals surface area (Å²) in [5.41, 5.74) is -0.486. The van der Waals surface area contributed by atoms with Crippen molar-refractivity contribution in [2.45, 2.75) is 58.9 Å². The Balaban J connectivity index is 2.95. The minimum absolute atomic E-state index is 0.0147. The zero-order chi connectivity index (χ0) is 13.1. The maximum absolute atomic E-state index is 12.4. The van der Waals surface area contributed by atoms with Gasteiger partial charge in [-0.2, -0.15) is 0 Å². The van der Waals surface area contributed by atoms with Crippen LogP contribution in [0.2, 0.25) is 0 Å². The largest absolute Gasteiger partial charge is 0.396 e. The molecule has 1 heterocycles. The van der Waals surface area contributed by atoms with E-state index < -0.39 is 5.41 Å². The van der Waals surface area contributed by atoms with Gasteiger partial charge in [0, 0.05) is 19.1 Å². The van der Waals surface area contributed by atoms with Crippen molar-refractivity contribution in [2.75, 3.05) is 6.61 Å². The van der Waals surface area contributed by atoms with Crippen molar-refractivity contribution in [3.63, 3.8) is 0 Å². The Morgan fingerprint density at radius 1 is 1.29 bits per heavy atom. The molecule has 1 aliphatic heterocycles. The minimum Gasteiger partial charge on any atom is -0.396 e. The van der Waals surface area contributed by atoms with Gasteiger partial charge in [0.2, 0.25) is 11.8 Å². The Morgan fingerprint density at radius 3 is 2.24 bits per heavy atom. The first-order valence-corrected chi connectivity index (χ1v) is 6.53. The van der Waals surface area contributed by atoms with E-state index in [4.69, 9.17) is 5.11 Å². The van der Waals surface area contributed by atoms with E-state index in [2.05, 4.69) is 0 Å². The lowest BCUT2D eigenvalue weighted by molar-refractivity contribution is -0.144. The molecule has 0 bridgehead atoms. The molecular formula is C13H23NO3. The third-order valence-electron chi connectivity index (χ3n) is 4.08. The average Bonchev–Trinajstić information content (AvgIpc) is 2.59. The Morgan fingerprint density at radius 2 is 1.88 bits per heavy atom. The zero-order valence-electron chi connectivity index (χ0n) is 11.0. The maximum Gasteiger partial charge on any atom is 0.236 e. The van der Waals surface area contributed by atoms with Crippen LogP contribution < -0.4 is 0 Å². The number of carbonyl (C=O) groups excluding carboxylic acids is 2. The molecule has 0 aliphatic carbocycles. The summed E-state index contributed by atoms with van der Waals surface area (Å²) in [5.74, 6) is -0.105. The molecule has 0 aromatic heterocycles. The van der Waals surface area contributed by atoms with Crippen LogP contribution in [0.15, 0.2) is 0 Å². The van der Waals surface area contributed by atoms with Gasteiger partial charge >= 0.3 is 0 Å². The zero-order valence-corrected chi connectivity index (χ0v) is 11.0. The highest BCUT2D eigenvalue weighted by Gasteiger charge is 2.50. The van der Waals surface area contributed by atoms with Crippen molar-refractivity contribution in [2.24, 2.45) is 5.41 Å². The number of hydrogen-bond donors (Lipinski definition) is 1. The SMILES string of the molecule is CCC(CCO)N1C(=O)CC(CC)(CC)C1=O. The lowest BCUT2D eigenvalue weighted by Gasteiger charge is -2.28. The predicted octanol–water partition coefficient (Wildman–Crippen LogP) is 1.71. The van der Waals surface area contributed by atoms with Gasteiger partial charge < -0.3 is 5.11 Å². The third kappa shape index (κ3) is 2.37. The van der Waals surface area contributed by atoms with Crippen LogP contribution in [0.3, 0.4) is 0 Å². The number of aliphatic hydroxyl groups is 1. The molecule has 0 spiro atoms. The lowest BCUT2D eigenvalue weighted by atomic mass is 9.81. The Hall–Kier alpha value is -0.900. The van der Waals surface area contributed by atoms with Crippen molar-refractivity contribution in [1.82, 2.24) is 4.90 Å². The van der Waals surface area contributed by atoms with E-state index in [-0.39, 0.29) is 24.5 Å². The van der Waals surface area contributed by atoms with Crippen molar-refractivity contribution in [1.29, 1.82) is 0 Å². The smallest absolute Gasteiger partial charge is 0.236 e. The van der Waals surface area contributed by atoms with Crippen molar-refractivity contribution < 1.29 is 14.7 Å². The second-order valence-corrected chi connectivity index (χ2v) is 4.81. The molecule has 1 rings (SSSR count). The minimum atomic E-state index is -0.486. The Labute approximate surface area is 103 Å². The average molecular weight is 241 g/mol. The van der Waals surface area contributed by atoms with E-state index in [1.807, 2.05) is 20.8 Å². The summed E-state index contributed by atoms with van der Waals surface area (Å²) in [6.45, 7) is 5.88. The van der Waals surface area contributed by atoms with E-state index in [0.29, 0.717) is 32.1 Å². The van der Waals surface area contributed by atoms with Gasteiger partial charge in [-0.05, 0) is 25.7 Å². The van der Waals surface area contributed by atoms with Gasteiger partial charge in [0.25, 0.3) is 0 Å². The van der Waals surface area contributed by atoms with Crippen LogP contribution in [0.1, 0.15) is 52.9 Å². The number of likely N-dealkylation sites (tertiary alicyclic amines) is 1. The first kappa shape index (κ1) is 14.2. The quantitative estimate of drug-likeness (QED) is 0.720. The number of aliphatic hydroxyl groups excluding tert-OH is 1. The molecule has 2 amide bonds. The van der Waals surface area contributed by atoms with Crippen LogP contribution in [-0.2, 0) is 9.59 Å². The monoisotopic (exact) mass is 241 g/mol. The van der Waals surface area contributed by atoms with Crippen LogP contribution >= 0.6 is 0 Å². The summed E-state index contributed by atoms with van der Waals surface area (Å²) in [6, 6.07) is -0.139. The molecule has 4 heteroatoms. The lowest BCUT2D eigenvalue weighted by Crippen LogP contribution is -2.42. The summed E-state index contributed by atoms with van der Waals surface area (Å²) < 4.78 is 0. The molecule has 1 atom stereocenters. The fraction of sp³-hybridized carbons (Fsp3) is 0.846. The van der Waals surface area contributed by atoms with Crippen LogP contribution in [-0.4, -0.2) is 34.5 Å². The van der Waals surface area contributed by atoms with Crippen LogP contribution in [0.5, 0.6) is 0 Å². The number of hydrogen-bond acceptors (Lipinski definition) is 3. The number of rotatable bonds is 6. The van der Waals surface area contributed by atoms with E-state index in [1.54, 1.807) is 0 Å². The van der Waals surface area contributed by atoms with Gasteiger partial charge in [0.05, 0.1) is 5.41 Å². The Kier molecular flexibility index (Phi) is 4.69. The number of carbonyl (C=O) groups is 2. The molecule has 0 aromatic rings. The second-order valence-electron chi connectivity index (χ2n) is 4.81. The van der Waals surface area contributed by atoms with Crippen molar-refractivity contribution >= 4 is 11.8 Å². The van der Waals surface area contributed by atoms with Crippen LogP contribution in [0.4, 0.5) is 0 Å². The molecule has 17 heavy (non-hydrogen) atoms. The van der Waals surface area contributed by atoms with Gasteiger partial charge in [-0.15, -0.1) is 0 Å². The topological polar surface area (TPSA) is 57.6 Å². The van der Waals surface area contributed by atoms with Gasteiger partial charge in [-0.1, -0.05) is 20.8 Å². The molecule has 0 radical (unpaired) electrons. The van der Waals surface area contributed by atoms with Gasteiger partial charge in [-0.25, -0.2) is 0 Å². The summed E-state index contributed by atoms with van der Waals surface area (Å²) in [7, 11) is 0. The number of imide groups is 1. The van der Waals surface area contributed by atoms with Crippen molar-refractivity contribution in [3.8, 4) is 0 Å². The molecule has 1 saturated heterocycles. The fourth-order valence-electron chi connectivity index (χ4n) is 2.66. The highest BCUT2D eigenvalue weighted by molar-refractivity contribution is 6.06. The number of nitrogens with zero attached hydrogens (tertiary/aromatic N) is 1. The van der Waals surface area contributed by atoms with Gasteiger partial charge in [-0.3, -0.25) is 14.5 Å². The molecular weight excluding hydrogens is 218 g/mol. The summed E-state index contributed by atoms with van der Waals surface area (Å²) in [5, 5.41) is 9.00.